The number of nitrogens with one attached hydrogen (secondary N) is 1. The lowest BCUT2D eigenvalue weighted by atomic mass is 9.73. The van der Waals surface area contributed by atoms with Gasteiger partial charge in [-0.2, -0.15) is 0 Å². The van der Waals surface area contributed by atoms with E-state index >= 15 is 0 Å². The normalized spacial score (nSPS) is 21.0. The molecule has 1 aliphatic rings. The fraction of sp³-hybridized carbons (Fsp3) is 0.562. The molecule has 1 aliphatic carbocycles. The zero-order valence-electron chi connectivity index (χ0n) is 11.1. The molecular formula is C16H22NO. The average Bonchev–Trinajstić information content (AvgIpc) is 2.67. The van der Waals surface area contributed by atoms with E-state index in [1.165, 1.54) is 12.8 Å². The Morgan fingerprint density at radius 3 is 2.17 bits per heavy atom. The second kappa shape index (κ2) is 5.66. The van der Waals surface area contributed by atoms with Gasteiger partial charge in [0.1, 0.15) is 5.54 Å². The molecule has 0 amide bonds. The number of rotatable bonds is 3. The van der Waals surface area contributed by atoms with Crippen molar-refractivity contribution < 1.29 is 4.79 Å². The quantitative estimate of drug-likeness (QED) is 0.747. The van der Waals surface area contributed by atoms with Crippen LogP contribution in [-0.4, -0.2) is 5.78 Å². The van der Waals surface area contributed by atoms with E-state index < -0.39 is 5.54 Å². The highest BCUT2D eigenvalue weighted by Crippen LogP contribution is 2.38. The maximum Gasteiger partial charge on any atom is 0.155 e. The lowest BCUT2D eigenvalue weighted by Crippen LogP contribution is -2.43. The molecule has 0 aromatic heterocycles. The van der Waals surface area contributed by atoms with Crippen molar-refractivity contribution in [2.24, 2.45) is 5.92 Å². The number of hydrogen-bond donors (Lipinski definition) is 0. The van der Waals surface area contributed by atoms with Gasteiger partial charge in [-0.15, -0.1) is 0 Å². The van der Waals surface area contributed by atoms with Gasteiger partial charge in [0.05, 0.1) is 0 Å². The summed E-state index contributed by atoms with van der Waals surface area (Å²) in [6, 6.07) is 9.66. The molecular weight excluding hydrogens is 222 g/mol. The molecule has 1 fully saturated rings. The number of Topliss-reactive ketones (excluding diaryl/α,β-unsaturated/α-hetero) is 1. The molecule has 0 aliphatic heterocycles. The summed E-state index contributed by atoms with van der Waals surface area (Å²) >= 11 is 0. The van der Waals surface area contributed by atoms with E-state index in [-0.39, 0.29) is 11.7 Å². The summed E-state index contributed by atoms with van der Waals surface area (Å²) in [5.74, 6) is 0.167. The van der Waals surface area contributed by atoms with Crippen molar-refractivity contribution in [3.63, 3.8) is 0 Å². The third kappa shape index (κ3) is 2.49. The molecule has 1 aromatic carbocycles. The van der Waals surface area contributed by atoms with Crippen LogP contribution in [0.3, 0.4) is 0 Å². The third-order valence-electron chi connectivity index (χ3n) is 4.25. The van der Waals surface area contributed by atoms with E-state index in [1.54, 1.807) is 6.92 Å². The molecule has 1 saturated carbocycles. The van der Waals surface area contributed by atoms with E-state index in [9.17, 15) is 4.79 Å². The number of carbonyl (C=O) groups excluding carboxylic acids is 1. The van der Waals surface area contributed by atoms with Crippen LogP contribution in [0, 0.1) is 5.92 Å². The summed E-state index contributed by atoms with van der Waals surface area (Å²) in [6.07, 6.45) is 6.84. The summed E-state index contributed by atoms with van der Waals surface area (Å²) in [6.45, 7) is 1.57. The Morgan fingerprint density at radius 2 is 1.67 bits per heavy atom. The third-order valence-corrected chi connectivity index (χ3v) is 4.25. The number of ketones is 1. The minimum Gasteiger partial charge on any atom is -0.297 e. The minimum atomic E-state index is -1.04. The Morgan fingerprint density at radius 1 is 1.11 bits per heavy atom. The molecule has 2 nitrogen and oxygen atoms in total. The summed E-state index contributed by atoms with van der Waals surface area (Å²) in [4.78, 5) is 12.1. The van der Waals surface area contributed by atoms with Crippen LogP contribution in [0.4, 0.5) is 0 Å². The smallest absolute Gasteiger partial charge is 0.155 e. The topological polar surface area (TPSA) is 40.9 Å². The van der Waals surface area contributed by atoms with Crippen molar-refractivity contribution in [3.05, 3.63) is 35.9 Å². The first-order valence-electron chi connectivity index (χ1n) is 6.97. The summed E-state index contributed by atoms with van der Waals surface area (Å²) < 4.78 is 0. The van der Waals surface area contributed by atoms with Gasteiger partial charge in [0.15, 0.2) is 5.78 Å². The SMILES string of the molecule is CC(=O)C([NH])(c1ccccc1)C1CCCCCC1. The Balaban J connectivity index is 2.34. The molecule has 1 unspecified atom stereocenters. The minimum absolute atomic E-state index is 0.0133. The van der Waals surface area contributed by atoms with Gasteiger partial charge in [-0.05, 0) is 31.2 Å². The second-order valence-electron chi connectivity index (χ2n) is 5.42. The van der Waals surface area contributed by atoms with Crippen molar-refractivity contribution in [1.82, 2.24) is 5.73 Å². The zero-order chi connectivity index (χ0) is 13.0. The van der Waals surface area contributed by atoms with E-state index in [0.29, 0.717) is 0 Å². The van der Waals surface area contributed by atoms with Crippen LogP contribution in [0.1, 0.15) is 51.0 Å². The maximum atomic E-state index is 12.1. The Kier molecular flexibility index (Phi) is 4.18. The fourth-order valence-electron chi connectivity index (χ4n) is 3.14. The van der Waals surface area contributed by atoms with Crippen LogP contribution in [0.15, 0.2) is 30.3 Å². The molecule has 0 bridgehead atoms. The monoisotopic (exact) mass is 244 g/mol. The van der Waals surface area contributed by atoms with Crippen LogP contribution >= 0.6 is 0 Å². The first-order chi connectivity index (χ1) is 8.65. The van der Waals surface area contributed by atoms with E-state index in [2.05, 4.69) is 0 Å². The van der Waals surface area contributed by atoms with E-state index in [4.69, 9.17) is 5.73 Å². The standard InChI is InChI=1S/C16H22NO/c1-13(18)16(17,15-11-7-4-8-12-15)14-9-5-2-3-6-10-14/h4,7-8,11-12,14,17H,2-3,5-6,9-10H2,1H3. The summed E-state index contributed by atoms with van der Waals surface area (Å²) in [7, 11) is 0. The number of hydrogen-bond acceptors (Lipinski definition) is 1. The van der Waals surface area contributed by atoms with Gasteiger partial charge in [-0.25, -0.2) is 5.73 Å². The van der Waals surface area contributed by atoms with Gasteiger partial charge in [0, 0.05) is 0 Å². The molecule has 1 atom stereocenters. The van der Waals surface area contributed by atoms with Gasteiger partial charge in [0.2, 0.25) is 0 Å². The largest absolute Gasteiger partial charge is 0.297 e. The van der Waals surface area contributed by atoms with Crippen molar-refractivity contribution in [2.75, 3.05) is 0 Å². The zero-order valence-corrected chi connectivity index (χ0v) is 11.1. The highest BCUT2D eigenvalue weighted by atomic mass is 16.1. The van der Waals surface area contributed by atoms with Crippen LogP contribution in [0.25, 0.3) is 0 Å². The molecule has 0 saturated heterocycles. The summed E-state index contributed by atoms with van der Waals surface area (Å²) in [5, 5.41) is 0. The number of benzene rings is 1. The lowest BCUT2D eigenvalue weighted by Gasteiger charge is -2.34. The summed E-state index contributed by atoms with van der Waals surface area (Å²) in [5.41, 5.74) is 8.59. The van der Waals surface area contributed by atoms with Gasteiger partial charge in [0.25, 0.3) is 0 Å². The molecule has 2 rings (SSSR count). The molecule has 2 heteroatoms. The molecule has 18 heavy (non-hydrogen) atoms. The highest BCUT2D eigenvalue weighted by molar-refractivity contribution is 5.87. The van der Waals surface area contributed by atoms with Crippen LogP contribution in [0.5, 0.6) is 0 Å². The van der Waals surface area contributed by atoms with E-state index in [0.717, 1.165) is 31.2 Å². The predicted molar refractivity (Wildman–Crippen MR) is 73.1 cm³/mol. The Labute approximate surface area is 110 Å². The molecule has 1 N–H and O–H groups in total. The number of carbonyl (C=O) groups is 1. The molecule has 97 valence electrons. The van der Waals surface area contributed by atoms with Crippen LogP contribution in [-0.2, 0) is 10.3 Å². The average molecular weight is 244 g/mol. The molecule has 1 aromatic rings. The Bertz CT molecular complexity index is 393. The predicted octanol–water partition coefficient (Wildman–Crippen LogP) is 3.72. The van der Waals surface area contributed by atoms with Crippen molar-refractivity contribution in [1.29, 1.82) is 0 Å². The second-order valence-corrected chi connectivity index (χ2v) is 5.42. The van der Waals surface area contributed by atoms with Crippen LogP contribution in [0.2, 0.25) is 0 Å². The van der Waals surface area contributed by atoms with Crippen LogP contribution < -0.4 is 5.73 Å². The van der Waals surface area contributed by atoms with E-state index in [1.807, 2.05) is 30.3 Å². The van der Waals surface area contributed by atoms with Gasteiger partial charge < -0.3 is 0 Å². The molecule has 1 radical (unpaired) electrons. The van der Waals surface area contributed by atoms with Gasteiger partial charge >= 0.3 is 0 Å². The van der Waals surface area contributed by atoms with Crippen molar-refractivity contribution in [2.45, 2.75) is 51.0 Å². The van der Waals surface area contributed by atoms with Gasteiger partial charge in [-0.1, -0.05) is 56.0 Å². The maximum absolute atomic E-state index is 12.1. The Hall–Kier alpha value is -1.15. The van der Waals surface area contributed by atoms with Crippen molar-refractivity contribution >= 4 is 5.78 Å². The van der Waals surface area contributed by atoms with Gasteiger partial charge in [-0.3, -0.25) is 4.79 Å². The first-order valence-corrected chi connectivity index (χ1v) is 6.97. The van der Waals surface area contributed by atoms with Crippen molar-refractivity contribution in [3.8, 4) is 0 Å². The molecule has 0 spiro atoms. The molecule has 0 heterocycles. The fourth-order valence-corrected chi connectivity index (χ4v) is 3.14. The first kappa shape index (κ1) is 13.3. The lowest BCUT2D eigenvalue weighted by molar-refractivity contribution is -0.125. The highest BCUT2D eigenvalue weighted by Gasteiger charge is 2.41.